The van der Waals surface area contributed by atoms with Crippen LogP contribution in [0.5, 0.6) is 5.75 Å². The summed E-state index contributed by atoms with van der Waals surface area (Å²) in [5.74, 6) is 0.208. The maximum atomic E-state index is 12.4. The third-order valence-electron chi connectivity index (χ3n) is 3.26. The van der Waals surface area contributed by atoms with Gasteiger partial charge in [0.15, 0.2) is 0 Å². The van der Waals surface area contributed by atoms with E-state index in [9.17, 15) is 9.59 Å². The lowest BCUT2D eigenvalue weighted by molar-refractivity contribution is -0.147. The minimum atomic E-state index is -0.459. The van der Waals surface area contributed by atoms with E-state index in [0.29, 0.717) is 23.6 Å². The summed E-state index contributed by atoms with van der Waals surface area (Å²) >= 11 is 1.33. The van der Waals surface area contributed by atoms with Gasteiger partial charge in [0.25, 0.3) is 5.91 Å². The number of ether oxygens (including phenoxy) is 2. The highest BCUT2D eigenvalue weighted by molar-refractivity contribution is 7.12. The molecule has 104 valence electrons. The van der Waals surface area contributed by atoms with E-state index in [1.807, 2.05) is 0 Å². The van der Waals surface area contributed by atoms with Gasteiger partial charge in [-0.15, -0.1) is 11.3 Å². The Kier molecular flexibility index (Phi) is 4.42. The summed E-state index contributed by atoms with van der Waals surface area (Å²) < 4.78 is 9.85. The third-order valence-corrected chi connectivity index (χ3v) is 4.16. The van der Waals surface area contributed by atoms with E-state index < -0.39 is 6.04 Å². The predicted molar refractivity (Wildman–Crippen MR) is 71.6 cm³/mol. The summed E-state index contributed by atoms with van der Waals surface area (Å²) in [6, 6.07) is 1.25. The van der Waals surface area contributed by atoms with Crippen molar-refractivity contribution in [3.63, 3.8) is 0 Å². The van der Waals surface area contributed by atoms with Crippen LogP contribution in [0.3, 0.4) is 0 Å². The summed E-state index contributed by atoms with van der Waals surface area (Å²) in [6.45, 7) is 0.596. The lowest BCUT2D eigenvalue weighted by Gasteiger charge is -2.33. The second kappa shape index (κ2) is 6.06. The normalized spacial score (nSPS) is 19.1. The van der Waals surface area contributed by atoms with Gasteiger partial charge in [-0.2, -0.15) is 0 Å². The Bertz CT molecular complexity index is 471. The number of rotatable bonds is 3. The van der Waals surface area contributed by atoms with Gasteiger partial charge in [0, 0.05) is 18.0 Å². The van der Waals surface area contributed by atoms with Gasteiger partial charge in [0.2, 0.25) is 0 Å². The molecule has 1 aromatic rings. The smallest absolute Gasteiger partial charge is 0.328 e. The molecule has 0 radical (unpaired) electrons. The molecule has 0 spiro atoms. The maximum Gasteiger partial charge on any atom is 0.328 e. The van der Waals surface area contributed by atoms with Crippen molar-refractivity contribution >= 4 is 23.2 Å². The molecule has 1 aromatic heterocycles. The van der Waals surface area contributed by atoms with Crippen molar-refractivity contribution in [2.45, 2.75) is 25.3 Å². The van der Waals surface area contributed by atoms with Crippen molar-refractivity contribution in [2.75, 3.05) is 20.8 Å². The molecule has 1 aliphatic heterocycles. The van der Waals surface area contributed by atoms with Crippen LogP contribution in [0.25, 0.3) is 0 Å². The molecule has 2 rings (SSSR count). The minimum Gasteiger partial charge on any atom is -0.496 e. The topological polar surface area (TPSA) is 55.8 Å². The second-order valence-corrected chi connectivity index (χ2v) is 5.30. The van der Waals surface area contributed by atoms with Crippen LogP contribution in [0.4, 0.5) is 0 Å². The van der Waals surface area contributed by atoms with Crippen molar-refractivity contribution in [2.24, 2.45) is 0 Å². The average Bonchev–Trinajstić information content (AvgIpc) is 2.94. The number of methoxy groups -OCH3 is 2. The van der Waals surface area contributed by atoms with Gasteiger partial charge in [-0.3, -0.25) is 4.79 Å². The summed E-state index contributed by atoms with van der Waals surface area (Å²) in [5.41, 5.74) is 0. The summed E-state index contributed by atoms with van der Waals surface area (Å²) in [6.07, 6.45) is 2.53. The first kappa shape index (κ1) is 13.9. The molecule has 1 aliphatic rings. The van der Waals surface area contributed by atoms with Crippen LogP contribution >= 0.6 is 11.3 Å². The lowest BCUT2D eigenvalue weighted by atomic mass is 10.0. The molecule has 1 unspecified atom stereocenters. The van der Waals surface area contributed by atoms with Gasteiger partial charge in [0.1, 0.15) is 11.8 Å². The molecule has 0 aliphatic carbocycles. The van der Waals surface area contributed by atoms with Crippen LogP contribution in [0.15, 0.2) is 11.4 Å². The number of amides is 1. The van der Waals surface area contributed by atoms with Crippen molar-refractivity contribution in [1.82, 2.24) is 4.90 Å². The molecule has 5 nitrogen and oxygen atoms in total. The number of piperidine rings is 1. The molecule has 2 heterocycles. The standard InChI is InChI=1S/C13H17NO4S/c1-17-9-7-11(19-8-9)12(15)14-6-4-3-5-10(14)13(16)18-2/h7-8,10H,3-6H2,1-2H3. The zero-order valence-corrected chi connectivity index (χ0v) is 11.9. The lowest BCUT2D eigenvalue weighted by Crippen LogP contribution is -2.48. The Hall–Kier alpha value is -1.56. The number of likely N-dealkylation sites (tertiary alicyclic amines) is 1. The molecule has 0 saturated carbocycles. The van der Waals surface area contributed by atoms with Gasteiger partial charge < -0.3 is 14.4 Å². The number of hydrogen-bond donors (Lipinski definition) is 0. The Morgan fingerprint density at radius 3 is 2.79 bits per heavy atom. The van der Waals surface area contributed by atoms with Gasteiger partial charge in [-0.1, -0.05) is 0 Å². The highest BCUT2D eigenvalue weighted by Crippen LogP contribution is 2.26. The number of hydrogen-bond acceptors (Lipinski definition) is 5. The van der Waals surface area contributed by atoms with E-state index in [0.717, 1.165) is 12.8 Å². The quantitative estimate of drug-likeness (QED) is 0.795. The zero-order chi connectivity index (χ0) is 13.8. The van der Waals surface area contributed by atoms with Crippen LogP contribution in [0.1, 0.15) is 28.9 Å². The van der Waals surface area contributed by atoms with Crippen molar-refractivity contribution in [3.05, 3.63) is 16.3 Å². The van der Waals surface area contributed by atoms with Crippen molar-refractivity contribution < 1.29 is 19.1 Å². The fourth-order valence-corrected chi connectivity index (χ4v) is 3.04. The fraction of sp³-hybridized carbons (Fsp3) is 0.538. The van der Waals surface area contributed by atoms with Crippen molar-refractivity contribution in [3.8, 4) is 5.75 Å². The first-order valence-electron chi connectivity index (χ1n) is 6.18. The molecule has 1 fully saturated rings. The van der Waals surface area contributed by atoms with E-state index in [-0.39, 0.29) is 11.9 Å². The molecule has 1 saturated heterocycles. The van der Waals surface area contributed by atoms with Crippen LogP contribution in [0, 0.1) is 0 Å². The van der Waals surface area contributed by atoms with Gasteiger partial charge in [-0.25, -0.2) is 4.79 Å². The first-order valence-corrected chi connectivity index (χ1v) is 7.06. The first-order chi connectivity index (χ1) is 9.17. The molecule has 1 atom stereocenters. The SMILES string of the molecule is COC(=O)C1CCCCN1C(=O)c1cc(OC)cs1. The summed E-state index contributed by atoms with van der Waals surface area (Å²) in [4.78, 5) is 26.4. The van der Waals surface area contributed by atoms with Gasteiger partial charge in [-0.05, 0) is 19.3 Å². The molecular weight excluding hydrogens is 266 g/mol. The van der Waals surface area contributed by atoms with E-state index in [4.69, 9.17) is 9.47 Å². The molecule has 1 amide bonds. The van der Waals surface area contributed by atoms with Gasteiger partial charge >= 0.3 is 5.97 Å². The van der Waals surface area contributed by atoms with Crippen molar-refractivity contribution in [1.29, 1.82) is 0 Å². The Morgan fingerprint density at radius 1 is 1.37 bits per heavy atom. The molecule has 0 bridgehead atoms. The van der Waals surface area contributed by atoms with Crippen LogP contribution < -0.4 is 4.74 Å². The molecule has 0 aromatic carbocycles. The zero-order valence-electron chi connectivity index (χ0n) is 11.0. The monoisotopic (exact) mass is 283 g/mol. The van der Waals surface area contributed by atoms with Gasteiger partial charge in [0.05, 0.1) is 19.1 Å². The number of nitrogens with zero attached hydrogens (tertiary/aromatic N) is 1. The number of esters is 1. The molecule has 0 N–H and O–H groups in total. The Labute approximate surface area is 116 Å². The predicted octanol–water partition coefficient (Wildman–Crippen LogP) is 1.92. The summed E-state index contributed by atoms with van der Waals surface area (Å²) in [5, 5.41) is 1.78. The Morgan fingerprint density at radius 2 is 2.16 bits per heavy atom. The highest BCUT2D eigenvalue weighted by Gasteiger charge is 2.33. The second-order valence-electron chi connectivity index (χ2n) is 4.38. The minimum absolute atomic E-state index is 0.122. The van der Waals surface area contributed by atoms with E-state index in [1.165, 1.54) is 18.4 Å². The molecule has 19 heavy (non-hydrogen) atoms. The van der Waals surface area contributed by atoms with E-state index in [2.05, 4.69) is 0 Å². The van der Waals surface area contributed by atoms with Crippen LogP contribution in [-0.4, -0.2) is 43.6 Å². The average molecular weight is 283 g/mol. The van der Waals surface area contributed by atoms with Crippen LogP contribution in [0.2, 0.25) is 0 Å². The number of thiophene rings is 1. The summed E-state index contributed by atoms with van der Waals surface area (Å²) in [7, 11) is 2.92. The number of carbonyl (C=O) groups is 2. The van der Waals surface area contributed by atoms with Crippen LogP contribution in [-0.2, 0) is 9.53 Å². The largest absolute Gasteiger partial charge is 0.496 e. The number of carbonyl (C=O) groups excluding carboxylic acids is 2. The van der Waals surface area contributed by atoms with E-state index >= 15 is 0 Å². The molecule has 6 heteroatoms. The van der Waals surface area contributed by atoms with E-state index in [1.54, 1.807) is 23.5 Å². The maximum absolute atomic E-state index is 12.4. The third kappa shape index (κ3) is 2.89. The Balaban J connectivity index is 2.17. The fourth-order valence-electron chi connectivity index (χ4n) is 2.24. The highest BCUT2D eigenvalue weighted by atomic mass is 32.1. The molecular formula is C13H17NO4S.